The molecule has 0 aliphatic carbocycles. The quantitative estimate of drug-likeness (QED) is 0.291. The van der Waals surface area contributed by atoms with Gasteiger partial charge < -0.3 is 25.2 Å². The van der Waals surface area contributed by atoms with Gasteiger partial charge in [-0.05, 0) is 50.4 Å². The van der Waals surface area contributed by atoms with E-state index in [0.717, 1.165) is 37.9 Å². The van der Waals surface area contributed by atoms with Gasteiger partial charge in [0.05, 0.1) is 12.6 Å². The SMILES string of the molecule is CCCCCC(=O)NC(Cc1ccc(OC(=O)N2CCN(C)CC2)cc1)C(=O)CC(C(=O)NCC(C)=O)C(C)CC. The van der Waals surface area contributed by atoms with Crippen molar-refractivity contribution < 1.29 is 28.7 Å². The number of hydrogen-bond donors (Lipinski definition) is 2. The topological polar surface area (TPSA) is 125 Å². The van der Waals surface area contributed by atoms with E-state index in [1.807, 2.05) is 20.9 Å². The number of benzene rings is 1. The van der Waals surface area contributed by atoms with Crippen molar-refractivity contribution >= 4 is 29.5 Å². The second-order valence-electron chi connectivity index (χ2n) is 11.2. The fourth-order valence-electron chi connectivity index (χ4n) is 4.67. The summed E-state index contributed by atoms with van der Waals surface area (Å²) in [5.74, 6) is -1.21. The Bertz CT molecular complexity index is 1020. The van der Waals surface area contributed by atoms with Crippen LogP contribution in [-0.2, 0) is 25.6 Å². The summed E-state index contributed by atoms with van der Waals surface area (Å²) < 4.78 is 5.54. The molecule has 0 spiro atoms. The Morgan fingerprint density at radius 2 is 1.63 bits per heavy atom. The number of nitrogens with zero attached hydrogens (tertiary/aromatic N) is 2. The van der Waals surface area contributed by atoms with E-state index in [0.29, 0.717) is 31.7 Å². The first-order valence-electron chi connectivity index (χ1n) is 14.9. The lowest BCUT2D eigenvalue weighted by Crippen LogP contribution is -2.48. The van der Waals surface area contributed by atoms with E-state index in [4.69, 9.17) is 4.74 Å². The summed E-state index contributed by atoms with van der Waals surface area (Å²) >= 11 is 0. The van der Waals surface area contributed by atoms with Crippen molar-refractivity contribution in [3.05, 3.63) is 29.8 Å². The Labute approximate surface area is 244 Å². The van der Waals surface area contributed by atoms with Crippen LogP contribution in [-0.4, -0.2) is 85.1 Å². The van der Waals surface area contributed by atoms with Gasteiger partial charge >= 0.3 is 6.09 Å². The summed E-state index contributed by atoms with van der Waals surface area (Å²) in [5, 5.41) is 5.54. The zero-order valence-electron chi connectivity index (χ0n) is 25.4. The van der Waals surface area contributed by atoms with Crippen molar-refractivity contribution in [2.24, 2.45) is 11.8 Å². The summed E-state index contributed by atoms with van der Waals surface area (Å²) in [6, 6.07) is 6.12. The monoisotopic (exact) mass is 572 g/mol. The molecular weight excluding hydrogens is 524 g/mol. The van der Waals surface area contributed by atoms with Crippen molar-refractivity contribution in [1.82, 2.24) is 20.4 Å². The second kappa shape index (κ2) is 17.5. The average molecular weight is 573 g/mol. The number of ether oxygens (including phenoxy) is 1. The molecule has 228 valence electrons. The van der Waals surface area contributed by atoms with Crippen LogP contribution in [0.2, 0.25) is 0 Å². The number of rotatable bonds is 16. The highest BCUT2D eigenvalue weighted by atomic mass is 16.6. The first-order chi connectivity index (χ1) is 19.5. The van der Waals surface area contributed by atoms with Crippen LogP contribution >= 0.6 is 0 Å². The molecule has 1 heterocycles. The van der Waals surface area contributed by atoms with Crippen LogP contribution in [0.1, 0.15) is 71.8 Å². The molecule has 2 rings (SSSR count). The number of likely N-dealkylation sites (N-methyl/N-ethyl adjacent to an activating group) is 1. The number of carbonyl (C=O) groups excluding carboxylic acids is 5. The zero-order chi connectivity index (χ0) is 30.4. The molecule has 41 heavy (non-hydrogen) atoms. The Hall–Kier alpha value is -3.27. The lowest BCUT2D eigenvalue weighted by molar-refractivity contribution is -0.133. The number of unbranched alkanes of at least 4 members (excludes halogenated alkanes) is 2. The van der Waals surface area contributed by atoms with E-state index in [1.165, 1.54) is 6.92 Å². The first-order valence-corrected chi connectivity index (χ1v) is 14.9. The largest absolute Gasteiger partial charge is 0.415 e. The van der Waals surface area contributed by atoms with Gasteiger partial charge in [0.15, 0.2) is 5.78 Å². The lowest BCUT2D eigenvalue weighted by Gasteiger charge is -2.31. The molecule has 1 saturated heterocycles. The molecule has 1 aliphatic heterocycles. The molecule has 1 fully saturated rings. The van der Waals surface area contributed by atoms with Crippen molar-refractivity contribution in [2.75, 3.05) is 39.8 Å². The number of ketones is 2. The predicted octanol–water partition coefficient (Wildman–Crippen LogP) is 3.37. The van der Waals surface area contributed by atoms with Crippen LogP contribution < -0.4 is 15.4 Å². The zero-order valence-corrected chi connectivity index (χ0v) is 25.4. The van der Waals surface area contributed by atoms with Crippen molar-refractivity contribution in [3.63, 3.8) is 0 Å². The number of Topliss-reactive ketones (excluding diaryl/α,β-unsaturated/α-hetero) is 2. The minimum absolute atomic E-state index is 0.0423. The Balaban J connectivity index is 2.12. The molecule has 10 heteroatoms. The fraction of sp³-hybridized carbons (Fsp3) is 0.645. The molecule has 3 unspecified atom stereocenters. The molecule has 0 aromatic heterocycles. The third-order valence-corrected chi connectivity index (χ3v) is 7.66. The highest BCUT2D eigenvalue weighted by Gasteiger charge is 2.31. The third-order valence-electron chi connectivity index (χ3n) is 7.66. The molecule has 10 nitrogen and oxygen atoms in total. The minimum Gasteiger partial charge on any atom is -0.410 e. The van der Waals surface area contributed by atoms with Crippen LogP contribution in [0, 0.1) is 11.8 Å². The number of piperazine rings is 1. The normalized spacial score (nSPS) is 15.9. The summed E-state index contributed by atoms with van der Waals surface area (Å²) in [6.45, 7) is 10.0. The maximum Gasteiger partial charge on any atom is 0.415 e. The van der Waals surface area contributed by atoms with Gasteiger partial charge in [-0.2, -0.15) is 0 Å². The molecule has 1 aromatic rings. The van der Waals surface area contributed by atoms with Crippen LogP contribution in [0.4, 0.5) is 4.79 Å². The molecular formula is C31H48N4O6. The smallest absolute Gasteiger partial charge is 0.410 e. The molecule has 0 bridgehead atoms. The van der Waals surface area contributed by atoms with E-state index in [9.17, 15) is 24.0 Å². The van der Waals surface area contributed by atoms with Gasteiger partial charge in [-0.15, -0.1) is 0 Å². The van der Waals surface area contributed by atoms with E-state index < -0.39 is 18.1 Å². The van der Waals surface area contributed by atoms with Crippen molar-refractivity contribution in [1.29, 1.82) is 0 Å². The number of amides is 3. The number of nitrogens with one attached hydrogen (secondary N) is 2. The Kier molecular flexibility index (Phi) is 14.5. The predicted molar refractivity (Wildman–Crippen MR) is 158 cm³/mol. The molecule has 3 atom stereocenters. The van der Waals surface area contributed by atoms with Gasteiger partial charge in [0.1, 0.15) is 11.5 Å². The standard InChI is InChI=1S/C31H48N4O6/c1-6-8-9-10-29(38)33-27(28(37)20-26(22(3)7-2)30(39)32-21-23(4)36)19-24-11-13-25(14-12-24)41-31(40)35-17-15-34(5)16-18-35/h11-14,22,26-27H,6-10,15-21H2,1-5H3,(H,32,39)(H,33,38). The van der Waals surface area contributed by atoms with Crippen LogP contribution in [0.3, 0.4) is 0 Å². The van der Waals surface area contributed by atoms with E-state index >= 15 is 0 Å². The Morgan fingerprint density at radius 3 is 2.22 bits per heavy atom. The minimum atomic E-state index is -0.810. The number of carbonyl (C=O) groups is 5. The summed E-state index contributed by atoms with van der Waals surface area (Å²) in [4.78, 5) is 66.9. The fourth-order valence-corrected chi connectivity index (χ4v) is 4.67. The molecule has 1 aliphatic rings. The average Bonchev–Trinajstić information content (AvgIpc) is 2.95. The van der Waals surface area contributed by atoms with Crippen LogP contribution in [0.5, 0.6) is 5.75 Å². The van der Waals surface area contributed by atoms with Gasteiger partial charge in [-0.1, -0.05) is 52.2 Å². The Morgan fingerprint density at radius 1 is 0.976 bits per heavy atom. The van der Waals surface area contributed by atoms with E-state index in [2.05, 4.69) is 22.5 Å². The van der Waals surface area contributed by atoms with Gasteiger partial charge in [-0.3, -0.25) is 19.2 Å². The molecule has 2 N–H and O–H groups in total. The third kappa shape index (κ3) is 12.0. The summed E-state index contributed by atoms with van der Waals surface area (Å²) in [7, 11) is 2.01. The first kappa shape index (κ1) is 33.9. The van der Waals surface area contributed by atoms with E-state index in [-0.39, 0.29) is 48.7 Å². The van der Waals surface area contributed by atoms with Gasteiger partial charge in [-0.25, -0.2) is 4.79 Å². The second-order valence-corrected chi connectivity index (χ2v) is 11.2. The van der Waals surface area contributed by atoms with Gasteiger partial charge in [0.25, 0.3) is 0 Å². The number of hydrogen-bond acceptors (Lipinski definition) is 7. The van der Waals surface area contributed by atoms with Crippen LogP contribution in [0.15, 0.2) is 24.3 Å². The van der Waals surface area contributed by atoms with Crippen molar-refractivity contribution in [3.8, 4) is 5.75 Å². The highest BCUT2D eigenvalue weighted by Crippen LogP contribution is 2.22. The maximum absolute atomic E-state index is 13.6. The summed E-state index contributed by atoms with van der Waals surface area (Å²) in [5.41, 5.74) is 0.790. The van der Waals surface area contributed by atoms with Gasteiger partial charge in [0, 0.05) is 44.9 Å². The molecule has 0 saturated carbocycles. The van der Waals surface area contributed by atoms with Gasteiger partial charge in [0.2, 0.25) is 11.8 Å². The highest BCUT2D eigenvalue weighted by molar-refractivity contribution is 5.93. The van der Waals surface area contributed by atoms with Crippen molar-refractivity contribution in [2.45, 2.75) is 78.7 Å². The lowest BCUT2D eigenvalue weighted by atomic mass is 9.84. The summed E-state index contributed by atoms with van der Waals surface area (Å²) in [6.07, 6.45) is 3.46. The molecule has 3 amide bonds. The molecule has 1 aromatic carbocycles. The maximum atomic E-state index is 13.6. The van der Waals surface area contributed by atoms with Crippen LogP contribution in [0.25, 0.3) is 0 Å². The van der Waals surface area contributed by atoms with E-state index in [1.54, 1.807) is 29.2 Å². The molecule has 0 radical (unpaired) electrons.